The van der Waals surface area contributed by atoms with Gasteiger partial charge in [-0.2, -0.15) is 0 Å². The monoisotopic (exact) mass is 249 g/mol. The van der Waals surface area contributed by atoms with Crippen LogP contribution in [0.2, 0.25) is 0 Å². The van der Waals surface area contributed by atoms with Crippen molar-refractivity contribution >= 4 is 5.69 Å². The highest BCUT2D eigenvalue weighted by Crippen LogP contribution is 2.30. The SMILES string of the molecule is Cc1c(N)c(F)cc(F)c1OCc1ccccc1. The average molecular weight is 249 g/mol. The zero-order chi connectivity index (χ0) is 13.1. The molecule has 0 saturated carbocycles. The van der Waals surface area contributed by atoms with Gasteiger partial charge < -0.3 is 10.5 Å². The first kappa shape index (κ1) is 12.4. The molecule has 0 amide bonds. The van der Waals surface area contributed by atoms with Crippen LogP contribution in [-0.2, 0) is 6.61 Å². The molecular weight excluding hydrogens is 236 g/mol. The van der Waals surface area contributed by atoms with E-state index in [4.69, 9.17) is 10.5 Å². The molecule has 0 aromatic heterocycles. The predicted molar refractivity (Wildman–Crippen MR) is 66.3 cm³/mol. The highest BCUT2D eigenvalue weighted by Gasteiger charge is 2.14. The van der Waals surface area contributed by atoms with E-state index in [0.29, 0.717) is 0 Å². The lowest BCUT2D eigenvalue weighted by Gasteiger charge is -2.12. The number of ether oxygens (including phenoxy) is 1. The molecule has 0 spiro atoms. The van der Waals surface area contributed by atoms with Crippen LogP contribution < -0.4 is 10.5 Å². The second-order valence-corrected chi connectivity index (χ2v) is 3.98. The van der Waals surface area contributed by atoms with E-state index in [1.165, 1.54) is 6.92 Å². The molecule has 2 aromatic rings. The molecule has 0 atom stereocenters. The number of nitrogen functional groups attached to an aromatic ring is 1. The Labute approximate surface area is 104 Å². The van der Waals surface area contributed by atoms with Crippen LogP contribution in [0.5, 0.6) is 5.75 Å². The second-order valence-electron chi connectivity index (χ2n) is 3.98. The summed E-state index contributed by atoms with van der Waals surface area (Å²) in [6, 6.07) is 10.1. The fraction of sp³-hybridized carbons (Fsp3) is 0.143. The maximum Gasteiger partial charge on any atom is 0.168 e. The molecule has 0 aliphatic carbocycles. The van der Waals surface area contributed by atoms with E-state index in [-0.39, 0.29) is 23.6 Å². The van der Waals surface area contributed by atoms with Gasteiger partial charge in [0.25, 0.3) is 0 Å². The van der Waals surface area contributed by atoms with E-state index in [9.17, 15) is 8.78 Å². The van der Waals surface area contributed by atoms with Crippen LogP contribution in [0.4, 0.5) is 14.5 Å². The molecule has 0 radical (unpaired) electrons. The van der Waals surface area contributed by atoms with Gasteiger partial charge in [0.1, 0.15) is 12.4 Å². The lowest BCUT2D eigenvalue weighted by molar-refractivity contribution is 0.287. The maximum absolute atomic E-state index is 13.6. The summed E-state index contributed by atoms with van der Waals surface area (Å²) in [7, 11) is 0. The summed E-state index contributed by atoms with van der Waals surface area (Å²) in [4.78, 5) is 0. The predicted octanol–water partition coefficient (Wildman–Crippen LogP) is 3.43. The number of halogens is 2. The molecule has 2 N–H and O–H groups in total. The van der Waals surface area contributed by atoms with Gasteiger partial charge in [-0.1, -0.05) is 30.3 Å². The second kappa shape index (κ2) is 5.04. The summed E-state index contributed by atoms with van der Waals surface area (Å²) in [5.41, 5.74) is 6.60. The molecular formula is C14H13F2NO. The zero-order valence-corrected chi connectivity index (χ0v) is 9.91. The smallest absolute Gasteiger partial charge is 0.168 e. The fourth-order valence-corrected chi connectivity index (χ4v) is 1.64. The topological polar surface area (TPSA) is 35.2 Å². The fourth-order valence-electron chi connectivity index (χ4n) is 1.64. The minimum atomic E-state index is -0.767. The molecule has 0 bridgehead atoms. The van der Waals surface area contributed by atoms with Crippen LogP contribution in [0.3, 0.4) is 0 Å². The average Bonchev–Trinajstić information content (AvgIpc) is 2.37. The Morgan fingerprint density at radius 2 is 1.78 bits per heavy atom. The largest absolute Gasteiger partial charge is 0.485 e. The summed E-state index contributed by atoms with van der Waals surface area (Å²) in [6.07, 6.45) is 0. The first-order valence-electron chi connectivity index (χ1n) is 5.50. The summed E-state index contributed by atoms with van der Waals surface area (Å²) in [5, 5.41) is 0. The van der Waals surface area contributed by atoms with Crippen LogP contribution >= 0.6 is 0 Å². The van der Waals surface area contributed by atoms with Crippen LogP contribution in [0.1, 0.15) is 11.1 Å². The number of hydrogen-bond acceptors (Lipinski definition) is 2. The van der Waals surface area contributed by atoms with E-state index in [0.717, 1.165) is 11.6 Å². The Kier molecular flexibility index (Phi) is 3.46. The van der Waals surface area contributed by atoms with Crippen molar-refractivity contribution in [1.29, 1.82) is 0 Å². The van der Waals surface area contributed by atoms with Crippen molar-refractivity contribution in [3.05, 3.63) is 59.2 Å². The quantitative estimate of drug-likeness (QED) is 0.846. The summed E-state index contributed by atoms with van der Waals surface area (Å²) in [5.74, 6) is -1.51. The third-order valence-electron chi connectivity index (χ3n) is 2.70. The lowest BCUT2D eigenvalue weighted by Crippen LogP contribution is -2.03. The van der Waals surface area contributed by atoms with Gasteiger partial charge in [-0.25, -0.2) is 8.78 Å². The first-order valence-corrected chi connectivity index (χ1v) is 5.50. The van der Waals surface area contributed by atoms with Crippen molar-refractivity contribution in [2.75, 3.05) is 5.73 Å². The normalized spacial score (nSPS) is 10.4. The van der Waals surface area contributed by atoms with Crippen molar-refractivity contribution < 1.29 is 13.5 Å². The van der Waals surface area contributed by atoms with E-state index >= 15 is 0 Å². The third-order valence-corrected chi connectivity index (χ3v) is 2.70. The Balaban J connectivity index is 2.22. The van der Waals surface area contributed by atoms with Crippen molar-refractivity contribution in [3.8, 4) is 5.75 Å². The Morgan fingerprint density at radius 1 is 1.11 bits per heavy atom. The highest BCUT2D eigenvalue weighted by molar-refractivity contribution is 5.55. The lowest BCUT2D eigenvalue weighted by atomic mass is 10.1. The molecule has 0 aliphatic rings. The standard InChI is InChI=1S/C14H13F2NO/c1-9-13(17)11(15)7-12(16)14(9)18-8-10-5-3-2-4-6-10/h2-7H,8,17H2,1H3. The number of benzene rings is 2. The van der Waals surface area contributed by atoms with E-state index in [1.54, 1.807) is 0 Å². The molecule has 2 rings (SSSR count). The summed E-state index contributed by atoms with van der Waals surface area (Å²) in [6.45, 7) is 1.74. The molecule has 0 fully saturated rings. The third kappa shape index (κ3) is 2.42. The molecule has 2 aromatic carbocycles. The minimum Gasteiger partial charge on any atom is -0.485 e. The molecule has 0 unspecified atom stereocenters. The number of hydrogen-bond donors (Lipinski definition) is 1. The number of anilines is 1. The zero-order valence-electron chi connectivity index (χ0n) is 9.91. The van der Waals surface area contributed by atoms with Gasteiger partial charge in [0.2, 0.25) is 0 Å². The van der Waals surface area contributed by atoms with E-state index in [2.05, 4.69) is 0 Å². The Morgan fingerprint density at radius 3 is 2.44 bits per heavy atom. The molecule has 2 nitrogen and oxygen atoms in total. The van der Waals surface area contributed by atoms with Gasteiger partial charge in [0, 0.05) is 11.6 Å². The van der Waals surface area contributed by atoms with E-state index < -0.39 is 11.6 Å². The summed E-state index contributed by atoms with van der Waals surface area (Å²) < 4.78 is 32.1. The first-order chi connectivity index (χ1) is 8.59. The van der Waals surface area contributed by atoms with Gasteiger partial charge in [-0.05, 0) is 12.5 Å². The van der Waals surface area contributed by atoms with E-state index in [1.807, 2.05) is 30.3 Å². The van der Waals surface area contributed by atoms with Gasteiger partial charge in [0.15, 0.2) is 11.6 Å². The van der Waals surface area contributed by atoms with Crippen molar-refractivity contribution in [2.24, 2.45) is 0 Å². The molecule has 0 heterocycles. The molecule has 0 saturated heterocycles. The summed E-state index contributed by atoms with van der Waals surface area (Å²) >= 11 is 0. The van der Waals surface area contributed by atoms with Crippen LogP contribution in [0.25, 0.3) is 0 Å². The van der Waals surface area contributed by atoms with Crippen LogP contribution in [-0.4, -0.2) is 0 Å². The van der Waals surface area contributed by atoms with Crippen molar-refractivity contribution in [1.82, 2.24) is 0 Å². The Bertz CT molecular complexity index is 555. The molecule has 94 valence electrons. The van der Waals surface area contributed by atoms with Crippen LogP contribution in [0.15, 0.2) is 36.4 Å². The van der Waals surface area contributed by atoms with Gasteiger partial charge in [0.05, 0.1) is 5.69 Å². The number of rotatable bonds is 3. The Hall–Kier alpha value is -2.10. The molecule has 0 aliphatic heterocycles. The molecule has 18 heavy (non-hydrogen) atoms. The van der Waals surface area contributed by atoms with Gasteiger partial charge in [-0.3, -0.25) is 0 Å². The number of nitrogens with two attached hydrogens (primary N) is 1. The maximum atomic E-state index is 13.6. The van der Waals surface area contributed by atoms with Crippen LogP contribution in [0, 0.1) is 18.6 Å². The van der Waals surface area contributed by atoms with Crippen molar-refractivity contribution in [2.45, 2.75) is 13.5 Å². The van der Waals surface area contributed by atoms with Crippen molar-refractivity contribution in [3.63, 3.8) is 0 Å². The molecule has 4 heteroatoms. The van der Waals surface area contributed by atoms with Gasteiger partial charge in [-0.15, -0.1) is 0 Å². The highest BCUT2D eigenvalue weighted by atomic mass is 19.1. The van der Waals surface area contributed by atoms with Gasteiger partial charge >= 0.3 is 0 Å². The minimum absolute atomic E-state index is 0.00208.